The SMILES string of the molecule is N#Cc1ccccc1-c1sccc1C=O. The number of rotatable bonds is 2. The van der Waals surface area contributed by atoms with Crippen LogP contribution in [0.3, 0.4) is 0 Å². The van der Waals surface area contributed by atoms with Crippen molar-refractivity contribution in [3.8, 4) is 16.5 Å². The molecular formula is C12H7NOS. The van der Waals surface area contributed by atoms with Crippen LogP contribution in [-0.4, -0.2) is 6.29 Å². The lowest BCUT2D eigenvalue weighted by Crippen LogP contribution is -1.84. The largest absolute Gasteiger partial charge is 0.298 e. The average Bonchev–Trinajstić information content (AvgIpc) is 2.76. The van der Waals surface area contributed by atoms with E-state index in [4.69, 9.17) is 5.26 Å². The monoisotopic (exact) mass is 213 g/mol. The molecule has 0 N–H and O–H groups in total. The normalized spacial score (nSPS) is 9.53. The fourth-order valence-corrected chi connectivity index (χ4v) is 2.32. The second kappa shape index (κ2) is 4.07. The molecule has 1 aromatic carbocycles. The first-order valence-corrected chi connectivity index (χ1v) is 5.27. The summed E-state index contributed by atoms with van der Waals surface area (Å²) in [5.74, 6) is 0. The van der Waals surface area contributed by atoms with Gasteiger partial charge in [-0.15, -0.1) is 11.3 Å². The molecule has 3 heteroatoms. The number of nitriles is 1. The van der Waals surface area contributed by atoms with Crippen LogP contribution in [0.2, 0.25) is 0 Å². The molecule has 0 fully saturated rings. The van der Waals surface area contributed by atoms with Crippen LogP contribution in [-0.2, 0) is 0 Å². The van der Waals surface area contributed by atoms with Gasteiger partial charge >= 0.3 is 0 Å². The van der Waals surface area contributed by atoms with Gasteiger partial charge in [-0.3, -0.25) is 4.79 Å². The Morgan fingerprint density at radius 3 is 2.80 bits per heavy atom. The fraction of sp³-hybridized carbons (Fsp3) is 0. The van der Waals surface area contributed by atoms with Gasteiger partial charge in [0.15, 0.2) is 6.29 Å². The third-order valence-electron chi connectivity index (χ3n) is 2.11. The zero-order valence-corrected chi connectivity index (χ0v) is 8.62. The first-order chi connectivity index (χ1) is 7.36. The maximum Gasteiger partial charge on any atom is 0.151 e. The van der Waals surface area contributed by atoms with Crippen LogP contribution in [0.15, 0.2) is 35.7 Å². The molecule has 0 atom stereocenters. The predicted molar refractivity (Wildman–Crippen MR) is 59.9 cm³/mol. The van der Waals surface area contributed by atoms with E-state index in [0.29, 0.717) is 11.1 Å². The molecule has 15 heavy (non-hydrogen) atoms. The maximum atomic E-state index is 10.8. The highest BCUT2D eigenvalue weighted by Gasteiger charge is 2.09. The minimum atomic E-state index is 0.600. The van der Waals surface area contributed by atoms with Crippen LogP contribution in [0.25, 0.3) is 10.4 Å². The van der Waals surface area contributed by atoms with Crippen molar-refractivity contribution in [1.29, 1.82) is 5.26 Å². The summed E-state index contributed by atoms with van der Waals surface area (Å²) in [5.41, 5.74) is 2.07. The lowest BCUT2D eigenvalue weighted by molar-refractivity contribution is 0.112. The topological polar surface area (TPSA) is 40.9 Å². The third kappa shape index (κ3) is 1.67. The molecule has 72 valence electrons. The molecule has 0 saturated carbocycles. The van der Waals surface area contributed by atoms with Crippen LogP contribution >= 0.6 is 11.3 Å². The molecule has 0 unspecified atom stereocenters. The van der Waals surface area contributed by atoms with Crippen molar-refractivity contribution >= 4 is 17.6 Å². The molecular weight excluding hydrogens is 206 g/mol. The molecule has 0 spiro atoms. The van der Waals surface area contributed by atoms with E-state index in [-0.39, 0.29) is 0 Å². The molecule has 0 radical (unpaired) electrons. The number of thiophene rings is 1. The van der Waals surface area contributed by atoms with Crippen molar-refractivity contribution in [3.05, 3.63) is 46.8 Å². The fourth-order valence-electron chi connectivity index (χ4n) is 1.41. The Morgan fingerprint density at radius 1 is 1.27 bits per heavy atom. The van der Waals surface area contributed by atoms with Gasteiger partial charge in [0, 0.05) is 16.0 Å². The van der Waals surface area contributed by atoms with E-state index in [9.17, 15) is 4.79 Å². The Bertz CT molecular complexity index is 537. The number of hydrogen-bond donors (Lipinski definition) is 0. The molecule has 1 aromatic heterocycles. The van der Waals surface area contributed by atoms with Crippen molar-refractivity contribution in [2.75, 3.05) is 0 Å². The van der Waals surface area contributed by atoms with Crippen LogP contribution in [0.4, 0.5) is 0 Å². The lowest BCUT2D eigenvalue weighted by Gasteiger charge is -2.00. The lowest BCUT2D eigenvalue weighted by atomic mass is 10.0. The summed E-state index contributed by atoms with van der Waals surface area (Å²) in [6.45, 7) is 0. The van der Waals surface area contributed by atoms with E-state index in [2.05, 4.69) is 6.07 Å². The number of nitrogens with zero attached hydrogens (tertiary/aromatic N) is 1. The summed E-state index contributed by atoms with van der Waals surface area (Å²) in [5, 5.41) is 10.8. The number of carbonyl (C=O) groups excluding carboxylic acids is 1. The minimum absolute atomic E-state index is 0.600. The summed E-state index contributed by atoms with van der Waals surface area (Å²) in [6.07, 6.45) is 0.819. The van der Waals surface area contributed by atoms with Crippen molar-refractivity contribution in [1.82, 2.24) is 0 Å². The number of aldehydes is 1. The van der Waals surface area contributed by atoms with Crippen LogP contribution in [0, 0.1) is 11.3 Å². The van der Waals surface area contributed by atoms with Gasteiger partial charge in [-0.05, 0) is 17.5 Å². The number of benzene rings is 1. The predicted octanol–water partition coefficient (Wildman–Crippen LogP) is 3.10. The number of hydrogen-bond acceptors (Lipinski definition) is 3. The van der Waals surface area contributed by atoms with E-state index in [1.807, 2.05) is 23.6 Å². The van der Waals surface area contributed by atoms with Gasteiger partial charge in [0.1, 0.15) is 0 Å². The first kappa shape index (κ1) is 9.63. The van der Waals surface area contributed by atoms with Crippen molar-refractivity contribution in [2.45, 2.75) is 0 Å². The van der Waals surface area contributed by atoms with Crippen molar-refractivity contribution in [2.24, 2.45) is 0 Å². The zero-order chi connectivity index (χ0) is 10.7. The standard InChI is InChI=1S/C12H7NOS/c13-7-9-3-1-2-4-11(9)12-10(8-14)5-6-15-12/h1-6,8H. The van der Waals surface area contributed by atoms with E-state index in [1.54, 1.807) is 12.1 Å². The van der Waals surface area contributed by atoms with E-state index >= 15 is 0 Å². The quantitative estimate of drug-likeness (QED) is 0.719. The second-order valence-corrected chi connectivity index (χ2v) is 3.90. The highest BCUT2D eigenvalue weighted by Crippen LogP contribution is 2.30. The summed E-state index contributed by atoms with van der Waals surface area (Å²) in [6, 6.07) is 11.2. The van der Waals surface area contributed by atoms with E-state index < -0.39 is 0 Å². The number of carbonyl (C=O) groups is 1. The molecule has 1 heterocycles. The van der Waals surface area contributed by atoms with Crippen LogP contribution in [0.1, 0.15) is 15.9 Å². The summed E-state index contributed by atoms with van der Waals surface area (Å²) >= 11 is 1.47. The molecule has 0 aliphatic heterocycles. The third-order valence-corrected chi connectivity index (χ3v) is 3.08. The van der Waals surface area contributed by atoms with E-state index in [1.165, 1.54) is 11.3 Å². The minimum Gasteiger partial charge on any atom is -0.298 e. The Balaban J connectivity index is 2.64. The second-order valence-electron chi connectivity index (χ2n) is 2.98. The van der Waals surface area contributed by atoms with Crippen molar-refractivity contribution < 1.29 is 4.79 Å². The first-order valence-electron chi connectivity index (χ1n) is 4.39. The van der Waals surface area contributed by atoms with Gasteiger partial charge < -0.3 is 0 Å². The Kier molecular flexibility index (Phi) is 2.61. The Hall–Kier alpha value is -1.92. The van der Waals surface area contributed by atoms with Crippen molar-refractivity contribution in [3.63, 3.8) is 0 Å². The van der Waals surface area contributed by atoms with Gasteiger partial charge in [0.05, 0.1) is 11.6 Å². The molecule has 0 saturated heterocycles. The smallest absolute Gasteiger partial charge is 0.151 e. The Morgan fingerprint density at radius 2 is 2.07 bits per heavy atom. The highest BCUT2D eigenvalue weighted by atomic mass is 32.1. The van der Waals surface area contributed by atoms with Gasteiger partial charge in [-0.25, -0.2) is 0 Å². The van der Waals surface area contributed by atoms with Crippen LogP contribution in [0.5, 0.6) is 0 Å². The van der Waals surface area contributed by atoms with Gasteiger partial charge in [-0.2, -0.15) is 5.26 Å². The van der Waals surface area contributed by atoms with Gasteiger partial charge in [0.25, 0.3) is 0 Å². The summed E-state index contributed by atoms with van der Waals surface area (Å²) in [7, 11) is 0. The molecule has 2 rings (SSSR count). The Labute approximate surface area is 91.4 Å². The molecule has 0 aliphatic carbocycles. The summed E-state index contributed by atoms with van der Waals surface area (Å²) in [4.78, 5) is 11.6. The highest BCUT2D eigenvalue weighted by molar-refractivity contribution is 7.14. The molecule has 0 amide bonds. The van der Waals surface area contributed by atoms with Gasteiger partial charge in [-0.1, -0.05) is 18.2 Å². The average molecular weight is 213 g/mol. The molecule has 0 aliphatic rings. The summed E-state index contributed by atoms with van der Waals surface area (Å²) < 4.78 is 0. The zero-order valence-electron chi connectivity index (χ0n) is 7.81. The molecule has 0 bridgehead atoms. The van der Waals surface area contributed by atoms with Crippen LogP contribution < -0.4 is 0 Å². The molecule has 2 aromatic rings. The van der Waals surface area contributed by atoms with E-state index in [0.717, 1.165) is 16.7 Å². The maximum absolute atomic E-state index is 10.8. The molecule has 2 nitrogen and oxygen atoms in total. The van der Waals surface area contributed by atoms with Gasteiger partial charge in [0.2, 0.25) is 0 Å².